The predicted octanol–water partition coefficient (Wildman–Crippen LogP) is 2.75. The molecule has 5 aliphatic rings. The van der Waals surface area contributed by atoms with Gasteiger partial charge in [0.05, 0.1) is 43.4 Å². The molecule has 1 aromatic rings. The molecule has 0 radical (unpaired) electrons. The third-order valence-corrected chi connectivity index (χ3v) is 10.5. The van der Waals surface area contributed by atoms with Crippen LogP contribution in [0.15, 0.2) is 30.4 Å². The van der Waals surface area contributed by atoms with Gasteiger partial charge in [-0.3, -0.25) is 19.3 Å². The smallest absolute Gasteiger partial charge is 0.246 e. The summed E-state index contributed by atoms with van der Waals surface area (Å²) in [6.45, 7) is 14.1. The van der Waals surface area contributed by atoms with Crippen molar-refractivity contribution in [3.63, 3.8) is 0 Å². The molecular formula is C34H47N3O6. The fourth-order valence-electron chi connectivity index (χ4n) is 8.19. The first kappa shape index (κ1) is 30.4. The number of ketones is 1. The molecule has 5 aliphatic heterocycles. The van der Waals surface area contributed by atoms with E-state index in [0.717, 1.165) is 55.6 Å². The Morgan fingerprint density at radius 1 is 1.12 bits per heavy atom. The number of Topliss-reactive ketones (excluding diaryl/α,β-unsaturated/α-hetero) is 1. The number of carbonyl (C=O) groups is 3. The van der Waals surface area contributed by atoms with Crippen molar-refractivity contribution >= 4 is 17.6 Å². The first-order valence-corrected chi connectivity index (χ1v) is 16.1. The van der Waals surface area contributed by atoms with Crippen molar-refractivity contribution in [3.8, 4) is 0 Å². The molecule has 4 fully saturated rings. The molecule has 6 rings (SSSR count). The van der Waals surface area contributed by atoms with Crippen LogP contribution in [-0.2, 0) is 35.0 Å². The first-order chi connectivity index (χ1) is 20.6. The molecule has 234 valence electrons. The average Bonchev–Trinajstić information content (AvgIpc) is 3.61. The minimum Gasteiger partial charge on any atom is -0.379 e. The lowest BCUT2D eigenvalue weighted by Gasteiger charge is -2.38. The van der Waals surface area contributed by atoms with E-state index in [0.29, 0.717) is 13.2 Å². The quantitative estimate of drug-likeness (QED) is 0.440. The maximum atomic E-state index is 14.5. The van der Waals surface area contributed by atoms with Crippen LogP contribution in [0.2, 0.25) is 0 Å². The number of hydrogen-bond donors (Lipinski definition) is 1. The monoisotopic (exact) mass is 593 g/mol. The second-order valence-electron chi connectivity index (χ2n) is 13.5. The summed E-state index contributed by atoms with van der Waals surface area (Å²) in [5.41, 5.74) is 2.06. The zero-order valence-electron chi connectivity index (χ0n) is 26.2. The number of rotatable bonds is 9. The predicted molar refractivity (Wildman–Crippen MR) is 161 cm³/mol. The summed E-state index contributed by atoms with van der Waals surface area (Å²) in [5.74, 6) is -1.68. The van der Waals surface area contributed by atoms with E-state index >= 15 is 0 Å². The van der Waals surface area contributed by atoms with Gasteiger partial charge >= 0.3 is 0 Å². The molecule has 1 spiro atoms. The molecule has 0 aromatic heterocycles. The van der Waals surface area contributed by atoms with E-state index in [4.69, 9.17) is 14.2 Å². The highest BCUT2D eigenvalue weighted by Gasteiger charge is 2.73. The van der Waals surface area contributed by atoms with Crippen LogP contribution in [0.3, 0.4) is 0 Å². The number of morpholine rings is 1. The van der Waals surface area contributed by atoms with Gasteiger partial charge in [0.15, 0.2) is 0 Å². The second-order valence-corrected chi connectivity index (χ2v) is 13.5. The lowest BCUT2D eigenvalue weighted by atomic mass is 9.72. The first-order valence-electron chi connectivity index (χ1n) is 16.1. The molecule has 1 aromatic carbocycles. The Hall–Kier alpha value is -2.59. The molecule has 8 unspecified atom stereocenters. The topological polar surface area (TPSA) is 97.4 Å². The highest BCUT2D eigenvalue weighted by Crippen LogP contribution is 2.56. The van der Waals surface area contributed by atoms with Crippen LogP contribution in [0.4, 0.5) is 0 Å². The maximum Gasteiger partial charge on any atom is 0.246 e. The number of carbonyl (C=O) groups excluding carboxylic acids is 3. The van der Waals surface area contributed by atoms with Crippen LogP contribution in [0.5, 0.6) is 0 Å². The fraction of sp³-hybridized carbons (Fsp3) is 0.676. The summed E-state index contributed by atoms with van der Waals surface area (Å²) in [6.07, 6.45) is 5.80. The van der Waals surface area contributed by atoms with Crippen molar-refractivity contribution < 1.29 is 28.6 Å². The number of nitrogens with one attached hydrogen (secondary N) is 1. The fourth-order valence-corrected chi connectivity index (χ4v) is 8.19. The van der Waals surface area contributed by atoms with Gasteiger partial charge in [-0.2, -0.15) is 0 Å². The Kier molecular flexibility index (Phi) is 8.54. The van der Waals surface area contributed by atoms with E-state index in [9.17, 15) is 14.4 Å². The van der Waals surface area contributed by atoms with E-state index in [1.165, 1.54) is 0 Å². The average molecular weight is 594 g/mol. The normalized spacial score (nSPS) is 36.2. The van der Waals surface area contributed by atoms with Gasteiger partial charge in [0, 0.05) is 38.1 Å². The summed E-state index contributed by atoms with van der Waals surface area (Å²) >= 11 is 0. The number of ether oxygens (including phenoxy) is 3. The number of nitrogens with zero attached hydrogens (tertiary/aromatic N) is 2. The highest BCUT2D eigenvalue weighted by atomic mass is 16.5. The molecule has 2 bridgehead atoms. The molecule has 8 atom stereocenters. The summed E-state index contributed by atoms with van der Waals surface area (Å²) in [4.78, 5) is 46.9. The standard InChI is InChI=1S/C34H47N3O6/c1-20-7-6-8-25(24(20)5)19-27(38)29-28-9-11-34(43-28)30(29)33(40)37(21(2)10-12-36-13-15-41-16-14-36)31(34)32(39)35-26-17-22(3)42-23(4)18-26/h6-9,11,21-23,26,28-31H,10,12-19H2,1-5H3,(H,35,39). The van der Waals surface area contributed by atoms with E-state index in [1.807, 2.05) is 65.0 Å². The van der Waals surface area contributed by atoms with Gasteiger partial charge in [0.1, 0.15) is 17.4 Å². The SMILES string of the molecule is Cc1cccc(CC(=O)C2C3C=CC4(O3)C2C(=O)N(C(C)CCN2CCOCC2)C4C(=O)NC2CC(C)OC(C)C2)c1C. The van der Waals surface area contributed by atoms with Crippen LogP contribution in [0.1, 0.15) is 56.7 Å². The Balaban J connectivity index is 1.28. The van der Waals surface area contributed by atoms with E-state index < -0.39 is 29.6 Å². The maximum absolute atomic E-state index is 14.5. The minimum atomic E-state index is -1.15. The third-order valence-electron chi connectivity index (χ3n) is 10.5. The Bertz CT molecular complexity index is 1270. The lowest BCUT2D eigenvalue weighted by Crippen LogP contribution is -2.59. The van der Waals surface area contributed by atoms with Gasteiger partial charge in [0.25, 0.3) is 0 Å². The van der Waals surface area contributed by atoms with Crippen LogP contribution < -0.4 is 5.32 Å². The largest absolute Gasteiger partial charge is 0.379 e. The second kappa shape index (κ2) is 12.1. The van der Waals surface area contributed by atoms with Crippen LogP contribution in [0, 0.1) is 25.7 Å². The molecular weight excluding hydrogens is 546 g/mol. The van der Waals surface area contributed by atoms with Gasteiger partial charge in [-0.05, 0) is 70.6 Å². The Morgan fingerprint density at radius 2 is 1.84 bits per heavy atom. The number of amides is 2. The van der Waals surface area contributed by atoms with Crippen LogP contribution in [-0.4, -0.2) is 102 Å². The lowest BCUT2D eigenvalue weighted by molar-refractivity contribution is -0.144. The number of hydrogen-bond acceptors (Lipinski definition) is 7. The van der Waals surface area contributed by atoms with Crippen molar-refractivity contribution in [1.29, 1.82) is 0 Å². The van der Waals surface area contributed by atoms with Crippen LogP contribution >= 0.6 is 0 Å². The number of fused-ring (bicyclic) bond motifs is 1. The summed E-state index contributed by atoms with van der Waals surface area (Å²) in [6, 6.07) is 4.92. The van der Waals surface area contributed by atoms with Gasteiger partial charge in [-0.1, -0.05) is 30.4 Å². The van der Waals surface area contributed by atoms with Crippen molar-refractivity contribution in [3.05, 3.63) is 47.0 Å². The highest BCUT2D eigenvalue weighted by molar-refractivity contribution is 6.00. The zero-order chi connectivity index (χ0) is 30.5. The summed E-state index contributed by atoms with van der Waals surface area (Å²) in [5, 5.41) is 3.28. The molecule has 1 N–H and O–H groups in total. The molecule has 0 aliphatic carbocycles. The Morgan fingerprint density at radius 3 is 2.56 bits per heavy atom. The van der Waals surface area contributed by atoms with Gasteiger partial charge in [-0.25, -0.2) is 0 Å². The number of likely N-dealkylation sites (tertiary alicyclic amines) is 1. The summed E-state index contributed by atoms with van der Waals surface area (Å²) < 4.78 is 18.0. The van der Waals surface area contributed by atoms with Gasteiger partial charge in [0.2, 0.25) is 11.8 Å². The van der Waals surface area contributed by atoms with E-state index in [2.05, 4.69) is 10.2 Å². The van der Waals surface area contributed by atoms with Crippen molar-refractivity contribution in [2.24, 2.45) is 11.8 Å². The summed E-state index contributed by atoms with van der Waals surface area (Å²) in [7, 11) is 0. The molecule has 4 saturated heterocycles. The molecule has 0 saturated carbocycles. The third kappa shape index (κ3) is 5.58. The van der Waals surface area contributed by atoms with Crippen molar-refractivity contribution in [1.82, 2.24) is 15.1 Å². The molecule has 2 amide bonds. The van der Waals surface area contributed by atoms with E-state index in [1.54, 1.807) is 4.90 Å². The molecule has 9 heteroatoms. The molecule has 5 heterocycles. The van der Waals surface area contributed by atoms with Gasteiger partial charge < -0.3 is 24.4 Å². The Labute approximate surface area is 255 Å². The number of aryl methyl sites for hydroxylation is 1. The zero-order valence-corrected chi connectivity index (χ0v) is 26.2. The molecule has 9 nitrogen and oxygen atoms in total. The molecule has 43 heavy (non-hydrogen) atoms. The van der Waals surface area contributed by atoms with Crippen LogP contribution in [0.25, 0.3) is 0 Å². The minimum absolute atomic E-state index is 0.00247. The van der Waals surface area contributed by atoms with Gasteiger partial charge in [-0.15, -0.1) is 0 Å². The number of benzene rings is 1. The van der Waals surface area contributed by atoms with E-state index in [-0.39, 0.29) is 48.3 Å². The van der Waals surface area contributed by atoms with Crippen molar-refractivity contribution in [2.75, 3.05) is 32.8 Å². The van der Waals surface area contributed by atoms with Crippen molar-refractivity contribution in [2.45, 2.75) is 102 Å².